The minimum absolute atomic E-state index is 0.00404. The van der Waals surface area contributed by atoms with Crippen LogP contribution in [0.5, 0.6) is 0 Å². The van der Waals surface area contributed by atoms with Crippen molar-refractivity contribution in [3.63, 3.8) is 0 Å². The number of carbonyl (C=O) groups excluding carboxylic acids is 1. The van der Waals surface area contributed by atoms with Crippen LogP contribution >= 0.6 is 0 Å². The second-order valence-electron chi connectivity index (χ2n) is 8.60. The lowest BCUT2D eigenvalue weighted by Gasteiger charge is -2.37. The number of anilines is 2. The Morgan fingerprint density at radius 2 is 1.72 bits per heavy atom. The van der Waals surface area contributed by atoms with Crippen molar-refractivity contribution in [1.82, 2.24) is 14.9 Å². The van der Waals surface area contributed by atoms with Crippen molar-refractivity contribution in [3.05, 3.63) is 82.7 Å². The maximum absolute atomic E-state index is 13.6. The lowest BCUT2D eigenvalue weighted by molar-refractivity contribution is -0.138. The van der Waals surface area contributed by atoms with E-state index in [0.29, 0.717) is 24.3 Å². The number of nitrogens with zero attached hydrogens (tertiary/aromatic N) is 3. The van der Waals surface area contributed by atoms with Crippen LogP contribution in [-0.2, 0) is 30.2 Å². The first-order valence-electron chi connectivity index (χ1n) is 11.2. The van der Waals surface area contributed by atoms with Crippen molar-refractivity contribution in [1.29, 1.82) is 0 Å². The first-order chi connectivity index (χ1) is 17.1. The quantitative estimate of drug-likeness (QED) is 0.429. The molecule has 2 heterocycles. The highest BCUT2D eigenvalue weighted by molar-refractivity contribution is 5.77. The average Bonchev–Trinajstić information content (AvgIpc) is 2.77. The zero-order valence-corrected chi connectivity index (χ0v) is 19.1. The van der Waals surface area contributed by atoms with Crippen molar-refractivity contribution in [2.45, 2.75) is 31.4 Å². The number of hydrogen-bond donors (Lipinski definition) is 3. The number of nitrogens with one attached hydrogen (secondary N) is 1. The molecule has 8 nitrogen and oxygen atoms in total. The van der Waals surface area contributed by atoms with Gasteiger partial charge >= 0.3 is 12.3 Å². The van der Waals surface area contributed by atoms with Gasteiger partial charge < -0.3 is 21.1 Å². The predicted octanol–water partition coefficient (Wildman–Crippen LogP) is 4.13. The highest BCUT2D eigenvalue weighted by Crippen LogP contribution is 2.33. The van der Waals surface area contributed by atoms with E-state index < -0.39 is 23.7 Å². The van der Waals surface area contributed by atoms with Crippen LogP contribution in [-0.4, -0.2) is 45.1 Å². The number of benzene rings is 2. The molecule has 1 aliphatic rings. The van der Waals surface area contributed by atoms with Crippen LogP contribution < -0.4 is 11.1 Å². The smallest absolute Gasteiger partial charge is 0.419 e. The van der Waals surface area contributed by atoms with Gasteiger partial charge in [-0.05, 0) is 41.7 Å². The number of halogens is 3. The highest BCUT2D eigenvalue weighted by atomic mass is 19.4. The third-order valence-electron chi connectivity index (χ3n) is 6.08. The number of nitrogens with two attached hydrogens (primary N) is 1. The summed E-state index contributed by atoms with van der Waals surface area (Å²) in [6.07, 6.45) is -4.56. The van der Waals surface area contributed by atoms with Gasteiger partial charge in [0.25, 0.3) is 0 Å². The molecule has 1 fully saturated rings. The summed E-state index contributed by atoms with van der Waals surface area (Å²) in [5.74, 6) is -0.382. The van der Waals surface area contributed by atoms with Crippen LogP contribution in [0.4, 0.5) is 29.6 Å². The van der Waals surface area contributed by atoms with E-state index in [0.717, 1.165) is 17.3 Å². The van der Waals surface area contributed by atoms with Gasteiger partial charge in [-0.1, -0.05) is 36.4 Å². The van der Waals surface area contributed by atoms with Gasteiger partial charge in [-0.15, -0.1) is 0 Å². The van der Waals surface area contributed by atoms with Gasteiger partial charge in [-0.2, -0.15) is 13.2 Å². The molecule has 2 amide bonds. The number of carboxylic acid groups (broad SMARTS) is 1. The molecule has 0 bridgehead atoms. The lowest BCUT2D eigenvalue weighted by Crippen LogP contribution is -2.47. The van der Waals surface area contributed by atoms with Crippen LogP contribution in [0, 0.1) is 0 Å². The molecule has 36 heavy (non-hydrogen) atoms. The summed E-state index contributed by atoms with van der Waals surface area (Å²) in [6.45, 7) is 0.853. The van der Waals surface area contributed by atoms with Gasteiger partial charge in [0.1, 0.15) is 0 Å². The molecule has 188 valence electrons. The van der Waals surface area contributed by atoms with E-state index in [-0.39, 0.29) is 36.8 Å². The predicted molar refractivity (Wildman–Crippen MR) is 126 cm³/mol. The number of carbonyl (C=O) groups is 2. The molecule has 0 saturated carbocycles. The number of likely N-dealkylation sites (tertiary alicyclic amines) is 1. The monoisotopic (exact) mass is 499 g/mol. The fraction of sp³-hybridized carbons (Fsp3) is 0.280. The zero-order valence-electron chi connectivity index (χ0n) is 19.1. The largest absolute Gasteiger partial charge is 0.465 e. The van der Waals surface area contributed by atoms with Crippen LogP contribution in [0.1, 0.15) is 33.9 Å². The SMILES string of the molecule is NC(=O)Cc1ccccc1CCc1nc(Nc2ccc(C3CN(C(=O)O)C3)cc2)ncc1C(F)(F)F. The number of rotatable bonds is 8. The fourth-order valence-corrected chi connectivity index (χ4v) is 4.13. The van der Waals surface area contributed by atoms with Gasteiger partial charge in [0.15, 0.2) is 0 Å². The lowest BCUT2D eigenvalue weighted by atomic mass is 9.92. The van der Waals surface area contributed by atoms with Crippen LogP contribution in [0.25, 0.3) is 0 Å². The summed E-state index contributed by atoms with van der Waals surface area (Å²) in [5, 5.41) is 11.9. The van der Waals surface area contributed by atoms with Crippen LogP contribution in [0.3, 0.4) is 0 Å². The summed E-state index contributed by atoms with van der Waals surface area (Å²) in [6, 6.07) is 14.2. The Labute approximate surface area is 205 Å². The van der Waals surface area contributed by atoms with Gasteiger partial charge in [-0.25, -0.2) is 14.8 Å². The summed E-state index contributed by atoms with van der Waals surface area (Å²) in [5.41, 5.74) is 7.18. The summed E-state index contributed by atoms with van der Waals surface area (Å²) in [7, 11) is 0. The standard InChI is InChI=1S/C25H24F3N5O3/c26-25(27,28)20-12-30-23(31-19-8-5-16(6-9-19)18-13-33(14-18)24(35)36)32-21(20)10-7-15-3-1-2-4-17(15)11-22(29)34/h1-6,8-9,12,18H,7,10-11,13-14H2,(H2,29,34)(H,35,36)(H,30,31,32). The molecule has 2 aromatic carbocycles. The van der Waals surface area contributed by atoms with Crippen molar-refractivity contribution in [2.24, 2.45) is 5.73 Å². The Kier molecular flexibility index (Phi) is 7.09. The number of alkyl halides is 3. The number of aromatic nitrogens is 2. The Bertz CT molecular complexity index is 1260. The molecule has 0 radical (unpaired) electrons. The molecule has 0 spiro atoms. The zero-order chi connectivity index (χ0) is 25.9. The van der Waals surface area contributed by atoms with Gasteiger partial charge in [0.05, 0.1) is 17.7 Å². The van der Waals surface area contributed by atoms with Crippen LogP contribution in [0.15, 0.2) is 54.7 Å². The highest BCUT2D eigenvalue weighted by Gasteiger charge is 2.35. The van der Waals surface area contributed by atoms with Crippen molar-refractivity contribution in [2.75, 3.05) is 18.4 Å². The first-order valence-corrected chi connectivity index (χ1v) is 11.2. The van der Waals surface area contributed by atoms with Gasteiger partial charge in [0.2, 0.25) is 11.9 Å². The number of amides is 2. The second kappa shape index (κ2) is 10.2. The van der Waals surface area contributed by atoms with Crippen molar-refractivity contribution < 1.29 is 27.9 Å². The van der Waals surface area contributed by atoms with E-state index in [4.69, 9.17) is 10.8 Å². The first kappa shape index (κ1) is 25.0. The Hall–Kier alpha value is -4.15. The van der Waals surface area contributed by atoms with E-state index in [9.17, 15) is 22.8 Å². The minimum Gasteiger partial charge on any atom is -0.465 e. The molecular formula is C25H24F3N5O3. The van der Waals surface area contributed by atoms with Crippen molar-refractivity contribution >= 4 is 23.6 Å². The molecule has 0 unspecified atom stereocenters. The maximum atomic E-state index is 13.6. The Balaban J connectivity index is 1.49. The molecule has 0 aliphatic carbocycles. The van der Waals surface area contributed by atoms with E-state index in [1.807, 2.05) is 12.1 Å². The van der Waals surface area contributed by atoms with Gasteiger partial charge in [-0.3, -0.25) is 4.79 Å². The Morgan fingerprint density at radius 3 is 2.33 bits per heavy atom. The van der Waals surface area contributed by atoms with E-state index in [2.05, 4.69) is 15.3 Å². The minimum atomic E-state index is -4.62. The van der Waals surface area contributed by atoms with E-state index in [1.54, 1.807) is 36.4 Å². The van der Waals surface area contributed by atoms with Crippen LogP contribution in [0.2, 0.25) is 0 Å². The van der Waals surface area contributed by atoms with Gasteiger partial charge in [0, 0.05) is 30.9 Å². The molecule has 11 heteroatoms. The van der Waals surface area contributed by atoms with Crippen molar-refractivity contribution in [3.8, 4) is 0 Å². The number of primary amides is 1. The third-order valence-corrected chi connectivity index (χ3v) is 6.08. The molecule has 4 N–H and O–H groups in total. The number of hydrogen-bond acceptors (Lipinski definition) is 5. The molecular weight excluding hydrogens is 475 g/mol. The molecule has 4 rings (SSSR count). The summed E-state index contributed by atoms with van der Waals surface area (Å²) < 4.78 is 40.9. The molecule has 1 aliphatic heterocycles. The molecule has 1 aromatic heterocycles. The normalized spacial score (nSPS) is 13.8. The Morgan fingerprint density at radius 1 is 1.06 bits per heavy atom. The second-order valence-corrected chi connectivity index (χ2v) is 8.60. The topological polar surface area (TPSA) is 121 Å². The molecule has 0 atom stereocenters. The third kappa shape index (κ3) is 5.91. The average molecular weight is 499 g/mol. The molecule has 3 aromatic rings. The van der Waals surface area contributed by atoms with E-state index >= 15 is 0 Å². The summed E-state index contributed by atoms with van der Waals surface area (Å²) >= 11 is 0. The summed E-state index contributed by atoms with van der Waals surface area (Å²) in [4.78, 5) is 31.6. The van der Waals surface area contributed by atoms with E-state index in [1.165, 1.54) is 4.90 Å². The maximum Gasteiger partial charge on any atom is 0.419 e. The fourth-order valence-electron chi connectivity index (χ4n) is 4.13. The number of aryl methyl sites for hydroxylation is 2. The molecule has 1 saturated heterocycles.